The average molecular weight is 308 g/mol. The van der Waals surface area contributed by atoms with Gasteiger partial charge in [0.25, 0.3) is 6.43 Å². The van der Waals surface area contributed by atoms with Crippen molar-refractivity contribution in [3.63, 3.8) is 0 Å². The van der Waals surface area contributed by atoms with E-state index in [9.17, 15) is 26.7 Å². The quantitative estimate of drug-likeness (QED) is 0.633. The number of aromatic nitrogens is 1. The van der Waals surface area contributed by atoms with Crippen molar-refractivity contribution in [1.29, 1.82) is 5.26 Å². The first-order valence-electron chi connectivity index (χ1n) is 5.65. The van der Waals surface area contributed by atoms with Gasteiger partial charge in [0.2, 0.25) is 0 Å². The van der Waals surface area contributed by atoms with Gasteiger partial charge in [-0.25, -0.2) is 13.8 Å². The summed E-state index contributed by atoms with van der Waals surface area (Å²) in [5, 5.41) is 8.66. The van der Waals surface area contributed by atoms with Crippen LogP contribution < -0.4 is 0 Å². The Morgan fingerprint density at radius 1 is 1.48 bits per heavy atom. The first-order valence-corrected chi connectivity index (χ1v) is 5.65. The largest absolute Gasteiger partial charge is 0.466 e. The van der Waals surface area contributed by atoms with Gasteiger partial charge in [0, 0.05) is 5.56 Å². The van der Waals surface area contributed by atoms with E-state index in [2.05, 4.69) is 9.72 Å². The first kappa shape index (κ1) is 16.8. The van der Waals surface area contributed by atoms with Crippen LogP contribution in [0.1, 0.15) is 35.9 Å². The van der Waals surface area contributed by atoms with E-state index in [0.29, 0.717) is 0 Å². The predicted molar refractivity (Wildman–Crippen MR) is 59.2 cm³/mol. The number of hydrogen-bond acceptors (Lipinski definition) is 4. The molecule has 9 heteroatoms. The van der Waals surface area contributed by atoms with E-state index in [-0.39, 0.29) is 12.7 Å². The van der Waals surface area contributed by atoms with Crippen molar-refractivity contribution in [2.24, 2.45) is 0 Å². The molecule has 1 aromatic rings. The first-order chi connectivity index (χ1) is 9.70. The standard InChI is InChI=1S/C12H9F5N2O2/c1-2-21-10(20)4-8-6(11(13)14)3-7(12(15,16)17)9(5-18)19-8/h3,11H,2,4H2,1H3. The number of rotatable bonds is 4. The zero-order valence-electron chi connectivity index (χ0n) is 10.7. The molecule has 0 amide bonds. The van der Waals surface area contributed by atoms with Crippen LogP contribution in [0.25, 0.3) is 0 Å². The SMILES string of the molecule is CCOC(=O)Cc1nc(C#N)c(C(F)(F)F)cc1C(F)F. The van der Waals surface area contributed by atoms with E-state index < -0.39 is 47.5 Å². The second-order valence-electron chi connectivity index (χ2n) is 3.81. The highest BCUT2D eigenvalue weighted by Crippen LogP contribution is 2.35. The molecule has 0 bridgehead atoms. The molecule has 21 heavy (non-hydrogen) atoms. The lowest BCUT2D eigenvalue weighted by Gasteiger charge is -2.13. The molecular formula is C12H9F5N2O2. The fourth-order valence-electron chi connectivity index (χ4n) is 1.55. The van der Waals surface area contributed by atoms with Crippen LogP contribution in [0.15, 0.2) is 6.07 Å². The van der Waals surface area contributed by atoms with Crippen molar-refractivity contribution < 1.29 is 31.5 Å². The number of hydrogen-bond donors (Lipinski definition) is 0. The smallest absolute Gasteiger partial charge is 0.419 e. The molecule has 1 aromatic heterocycles. The number of carbonyl (C=O) groups excluding carboxylic acids is 1. The molecule has 1 rings (SSSR count). The van der Waals surface area contributed by atoms with Gasteiger partial charge >= 0.3 is 12.1 Å². The van der Waals surface area contributed by atoms with E-state index in [4.69, 9.17) is 5.26 Å². The van der Waals surface area contributed by atoms with E-state index in [1.807, 2.05) is 0 Å². The minimum Gasteiger partial charge on any atom is -0.466 e. The van der Waals surface area contributed by atoms with Crippen molar-refractivity contribution in [2.75, 3.05) is 6.61 Å². The zero-order chi connectivity index (χ0) is 16.2. The lowest BCUT2D eigenvalue weighted by molar-refractivity contribution is -0.142. The van der Waals surface area contributed by atoms with Crippen LogP contribution in [0.3, 0.4) is 0 Å². The summed E-state index contributed by atoms with van der Waals surface area (Å²) in [5.74, 6) is -0.921. The molecule has 0 spiro atoms. The Kier molecular flexibility index (Phi) is 5.18. The third-order valence-corrected chi connectivity index (χ3v) is 2.40. The Morgan fingerprint density at radius 3 is 2.52 bits per heavy atom. The Labute approximate surface area is 116 Å². The maximum absolute atomic E-state index is 12.8. The van der Waals surface area contributed by atoms with Crippen LogP contribution in [0.4, 0.5) is 22.0 Å². The summed E-state index contributed by atoms with van der Waals surface area (Å²) in [7, 11) is 0. The van der Waals surface area contributed by atoms with Crippen LogP contribution >= 0.6 is 0 Å². The zero-order valence-corrected chi connectivity index (χ0v) is 10.7. The number of ether oxygens (including phenoxy) is 1. The van der Waals surface area contributed by atoms with Crippen molar-refractivity contribution in [3.8, 4) is 6.07 Å². The van der Waals surface area contributed by atoms with Gasteiger partial charge in [0.15, 0.2) is 5.69 Å². The molecule has 0 saturated heterocycles. The Bertz CT molecular complexity index is 578. The monoisotopic (exact) mass is 308 g/mol. The molecule has 114 valence electrons. The third kappa shape index (κ3) is 4.11. The van der Waals surface area contributed by atoms with Crippen molar-refractivity contribution in [2.45, 2.75) is 25.9 Å². The highest BCUT2D eigenvalue weighted by molar-refractivity contribution is 5.72. The van der Waals surface area contributed by atoms with Gasteiger partial charge in [-0.1, -0.05) is 0 Å². The highest BCUT2D eigenvalue weighted by Gasteiger charge is 2.36. The Morgan fingerprint density at radius 2 is 2.10 bits per heavy atom. The van der Waals surface area contributed by atoms with Crippen LogP contribution in [0, 0.1) is 11.3 Å². The summed E-state index contributed by atoms with van der Waals surface area (Å²) in [6, 6.07) is 1.33. The average Bonchev–Trinajstić information content (AvgIpc) is 2.36. The lowest BCUT2D eigenvalue weighted by atomic mass is 10.1. The van der Waals surface area contributed by atoms with Gasteiger partial charge in [-0.2, -0.15) is 18.4 Å². The number of pyridine rings is 1. The van der Waals surface area contributed by atoms with Gasteiger partial charge in [0.1, 0.15) is 6.07 Å². The Balaban J connectivity index is 3.38. The van der Waals surface area contributed by atoms with E-state index in [0.717, 1.165) is 0 Å². The second-order valence-corrected chi connectivity index (χ2v) is 3.81. The topological polar surface area (TPSA) is 63.0 Å². The molecule has 4 nitrogen and oxygen atoms in total. The fraction of sp³-hybridized carbons (Fsp3) is 0.417. The molecule has 0 saturated carbocycles. The molecule has 0 aromatic carbocycles. The molecule has 0 aliphatic heterocycles. The molecular weight excluding hydrogens is 299 g/mol. The van der Waals surface area contributed by atoms with E-state index in [1.165, 1.54) is 13.0 Å². The van der Waals surface area contributed by atoms with Gasteiger partial charge in [-0.05, 0) is 13.0 Å². The van der Waals surface area contributed by atoms with Crippen molar-refractivity contribution in [3.05, 3.63) is 28.6 Å². The summed E-state index contributed by atoms with van der Waals surface area (Å²) in [5.41, 5.74) is -4.28. The molecule has 0 radical (unpaired) electrons. The van der Waals surface area contributed by atoms with Crippen LogP contribution in [0.2, 0.25) is 0 Å². The summed E-state index contributed by atoms with van der Waals surface area (Å²) in [6.07, 6.45) is -9.00. The van der Waals surface area contributed by atoms with Crippen molar-refractivity contribution >= 4 is 5.97 Å². The summed E-state index contributed by atoms with van der Waals surface area (Å²) >= 11 is 0. The highest BCUT2D eigenvalue weighted by atomic mass is 19.4. The minimum atomic E-state index is -5.00. The number of esters is 1. The maximum Gasteiger partial charge on any atom is 0.419 e. The Hall–Kier alpha value is -2.24. The number of nitrogens with zero attached hydrogens (tertiary/aromatic N) is 2. The number of alkyl halides is 5. The molecule has 0 aliphatic carbocycles. The predicted octanol–water partition coefficient (Wildman–Crippen LogP) is 3.02. The van der Waals surface area contributed by atoms with Gasteiger partial charge in [-0.3, -0.25) is 4.79 Å². The fourth-order valence-corrected chi connectivity index (χ4v) is 1.55. The summed E-state index contributed by atoms with van der Waals surface area (Å²) in [4.78, 5) is 14.5. The molecule has 0 N–H and O–H groups in total. The van der Waals surface area contributed by atoms with Gasteiger partial charge in [-0.15, -0.1) is 0 Å². The van der Waals surface area contributed by atoms with Gasteiger partial charge < -0.3 is 4.74 Å². The maximum atomic E-state index is 12.8. The molecule has 0 aliphatic rings. The number of carbonyl (C=O) groups is 1. The molecule has 0 fully saturated rings. The third-order valence-electron chi connectivity index (χ3n) is 2.40. The summed E-state index contributed by atoms with van der Waals surface area (Å²) in [6.45, 7) is 1.46. The van der Waals surface area contributed by atoms with E-state index >= 15 is 0 Å². The molecule has 0 atom stereocenters. The normalized spacial score (nSPS) is 11.3. The van der Waals surface area contributed by atoms with E-state index in [1.54, 1.807) is 0 Å². The number of nitriles is 1. The van der Waals surface area contributed by atoms with Crippen LogP contribution in [0.5, 0.6) is 0 Å². The summed E-state index contributed by atoms with van der Waals surface area (Å²) < 4.78 is 68.2. The van der Waals surface area contributed by atoms with Crippen molar-refractivity contribution in [1.82, 2.24) is 4.98 Å². The minimum absolute atomic E-state index is 0.0193. The van der Waals surface area contributed by atoms with Crippen LogP contribution in [-0.2, 0) is 22.1 Å². The molecule has 0 unspecified atom stereocenters. The van der Waals surface area contributed by atoms with Crippen LogP contribution in [-0.4, -0.2) is 17.6 Å². The molecule has 1 heterocycles. The van der Waals surface area contributed by atoms with Gasteiger partial charge in [0.05, 0.1) is 24.3 Å². The lowest BCUT2D eigenvalue weighted by Crippen LogP contribution is -2.16. The second kappa shape index (κ2) is 6.47. The number of halogens is 5.